The molecule has 0 aliphatic rings. The average Bonchev–Trinajstić information content (AvgIpc) is 3.60. The van der Waals surface area contributed by atoms with Crippen molar-refractivity contribution < 1.29 is 9.15 Å². The average molecular weight is 621 g/mol. The lowest BCUT2D eigenvalue weighted by Gasteiger charge is -2.22. The van der Waals surface area contributed by atoms with Crippen molar-refractivity contribution in [2.24, 2.45) is 0 Å². The minimum absolute atomic E-state index is 0.375. The fraction of sp³-hybridized carbons (Fsp3) is 0.195. The van der Waals surface area contributed by atoms with Crippen molar-refractivity contribution in [1.82, 2.24) is 9.78 Å². The Labute approximate surface area is 276 Å². The van der Waals surface area contributed by atoms with Crippen LogP contribution in [0.3, 0.4) is 0 Å². The number of nitrogens with one attached hydrogen (secondary N) is 2. The SMILES string of the molecule is Cc1cc(C)n(-c2cccc(Oc3cc(Nc4ccccc4Nc4c(C(C)C)cccc4C(C)C)c4oc5ccccc5c4c3)c2)n1. The minimum atomic E-state index is 0.375. The van der Waals surface area contributed by atoms with Crippen molar-refractivity contribution in [3.8, 4) is 17.2 Å². The molecule has 0 fully saturated rings. The molecule has 0 amide bonds. The van der Waals surface area contributed by atoms with Crippen LogP contribution in [0.1, 0.15) is 62.0 Å². The van der Waals surface area contributed by atoms with E-state index < -0.39 is 0 Å². The second-order valence-electron chi connectivity index (χ2n) is 12.8. The molecule has 0 spiro atoms. The highest BCUT2D eigenvalue weighted by atomic mass is 16.5. The van der Waals surface area contributed by atoms with Gasteiger partial charge in [0.2, 0.25) is 0 Å². The summed E-state index contributed by atoms with van der Waals surface area (Å²) < 4.78 is 15.0. The molecule has 0 radical (unpaired) electrons. The number of nitrogens with zero attached hydrogens (tertiary/aromatic N) is 2. The zero-order valence-electron chi connectivity index (χ0n) is 27.8. The Kier molecular flexibility index (Phi) is 7.94. The van der Waals surface area contributed by atoms with Crippen LogP contribution in [0.5, 0.6) is 11.5 Å². The normalized spacial score (nSPS) is 11.6. The van der Waals surface area contributed by atoms with Gasteiger partial charge in [0.25, 0.3) is 0 Å². The minimum Gasteiger partial charge on any atom is -0.457 e. The molecule has 2 aromatic heterocycles. The summed E-state index contributed by atoms with van der Waals surface area (Å²) in [6.07, 6.45) is 0. The van der Waals surface area contributed by atoms with Crippen LogP contribution < -0.4 is 15.4 Å². The van der Waals surface area contributed by atoms with Gasteiger partial charge in [-0.3, -0.25) is 0 Å². The van der Waals surface area contributed by atoms with Gasteiger partial charge in [-0.05, 0) is 79.3 Å². The summed E-state index contributed by atoms with van der Waals surface area (Å²) in [4.78, 5) is 0. The van der Waals surface area contributed by atoms with Crippen LogP contribution in [0, 0.1) is 13.8 Å². The number of para-hydroxylation sites is 4. The van der Waals surface area contributed by atoms with Gasteiger partial charge in [0.1, 0.15) is 17.1 Å². The Hall–Kier alpha value is -5.49. The lowest BCUT2D eigenvalue weighted by atomic mass is 9.92. The molecule has 0 aliphatic heterocycles. The van der Waals surface area contributed by atoms with Crippen molar-refractivity contribution in [2.75, 3.05) is 10.6 Å². The number of aromatic nitrogens is 2. The molecule has 0 unspecified atom stereocenters. The van der Waals surface area contributed by atoms with E-state index >= 15 is 0 Å². The van der Waals surface area contributed by atoms with E-state index in [4.69, 9.17) is 9.15 Å². The summed E-state index contributed by atoms with van der Waals surface area (Å²) >= 11 is 0. The highest BCUT2D eigenvalue weighted by Crippen LogP contribution is 2.42. The summed E-state index contributed by atoms with van der Waals surface area (Å²) in [6.45, 7) is 13.0. The molecule has 6 nitrogen and oxygen atoms in total. The van der Waals surface area contributed by atoms with Gasteiger partial charge in [-0.1, -0.05) is 82.3 Å². The third-order valence-electron chi connectivity index (χ3n) is 8.59. The van der Waals surface area contributed by atoms with Crippen molar-refractivity contribution in [3.63, 3.8) is 0 Å². The molecule has 0 saturated heterocycles. The van der Waals surface area contributed by atoms with Gasteiger partial charge in [-0.2, -0.15) is 5.10 Å². The zero-order chi connectivity index (χ0) is 32.7. The third kappa shape index (κ3) is 5.95. The van der Waals surface area contributed by atoms with Crippen LogP contribution in [0.2, 0.25) is 0 Å². The second-order valence-corrected chi connectivity index (χ2v) is 12.8. The van der Waals surface area contributed by atoms with Crippen molar-refractivity contribution >= 4 is 44.7 Å². The highest BCUT2D eigenvalue weighted by molar-refractivity contribution is 6.10. The number of rotatable bonds is 9. The Morgan fingerprint density at radius 2 is 1.32 bits per heavy atom. The number of furan rings is 1. The predicted octanol–water partition coefficient (Wildman–Crippen LogP) is 11.9. The molecule has 5 aromatic carbocycles. The summed E-state index contributed by atoms with van der Waals surface area (Å²) in [6, 6.07) is 37.2. The van der Waals surface area contributed by atoms with E-state index in [1.807, 2.05) is 66.2 Å². The van der Waals surface area contributed by atoms with Crippen LogP contribution in [0.25, 0.3) is 27.6 Å². The van der Waals surface area contributed by atoms with E-state index in [-0.39, 0.29) is 0 Å². The maximum atomic E-state index is 6.56. The summed E-state index contributed by atoms with van der Waals surface area (Å²) in [5.74, 6) is 2.18. The number of aryl methyl sites for hydroxylation is 2. The van der Waals surface area contributed by atoms with E-state index in [0.717, 1.165) is 61.8 Å². The molecule has 2 heterocycles. The number of benzene rings is 5. The second kappa shape index (κ2) is 12.4. The van der Waals surface area contributed by atoms with Crippen molar-refractivity contribution in [1.29, 1.82) is 0 Å². The Bertz CT molecular complexity index is 2200. The standard InChI is InChI=1S/C41H40N4O2/c1-25(2)32-16-12-17-33(26(3)4)40(32)43-37-19-9-8-18-36(37)42-38-24-31(23-35-34-15-7-10-20-39(34)47-41(35)38)46-30-14-11-13-29(22-30)45-28(6)21-27(5)44-45/h7-26,42-43H,1-6H3. The molecular weight excluding hydrogens is 580 g/mol. The summed E-state index contributed by atoms with van der Waals surface area (Å²) in [5, 5.41) is 14.2. The first-order valence-electron chi connectivity index (χ1n) is 16.3. The molecule has 0 atom stereocenters. The molecular formula is C41H40N4O2. The van der Waals surface area contributed by atoms with Gasteiger partial charge in [-0.25, -0.2) is 4.68 Å². The topological polar surface area (TPSA) is 64.2 Å². The smallest absolute Gasteiger partial charge is 0.159 e. The van der Waals surface area contributed by atoms with E-state index in [1.54, 1.807) is 0 Å². The number of hydrogen-bond acceptors (Lipinski definition) is 5. The monoisotopic (exact) mass is 620 g/mol. The first-order chi connectivity index (χ1) is 22.7. The fourth-order valence-electron chi connectivity index (χ4n) is 6.33. The van der Waals surface area contributed by atoms with Crippen molar-refractivity contribution in [2.45, 2.75) is 53.4 Å². The fourth-order valence-corrected chi connectivity index (χ4v) is 6.33. The molecule has 6 heteroatoms. The van der Waals surface area contributed by atoms with Crippen LogP contribution in [0.4, 0.5) is 22.7 Å². The van der Waals surface area contributed by atoms with Gasteiger partial charge < -0.3 is 19.8 Å². The number of hydrogen-bond donors (Lipinski definition) is 2. The molecule has 47 heavy (non-hydrogen) atoms. The molecule has 236 valence electrons. The number of anilines is 4. The van der Waals surface area contributed by atoms with Gasteiger partial charge >= 0.3 is 0 Å². The van der Waals surface area contributed by atoms with Gasteiger partial charge in [0, 0.05) is 34.3 Å². The molecule has 7 rings (SSSR count). The van der Waals surface area contributed by atoms with Gasteiger partial charge in [0.15, 0.2) is 5.58 Å². The predicted molar refractivity (Wildman–Crippen MR) is 194 cm³/mol. The lowest BCUT2D eigenvalue weighted by Crippen LogP contribution is -2.05. The van der Waals surface area contributed by atoms with Crippen molar-refractivity contribution in [3.05, 3.63) is 132 Å². The quantitative estimate of drug-likeness (QED) is 0.168. The first kappa shape index (κ1) is 30.2. The van der Waals surface area contributed by atoms with Crippen LogP contribution in [-0.4, -0.2) is 9.78 Å². The van der Waals surface area contributed by atoms with E-state index in [9.17, 15) is 0 Å². The lowest BCUT2D eigenvalue weighted by molar-refractivity contribution is 0.483. The highest BCUT2D eigenvalue weighted by Gasteiger charge is 2.18. The van der Waals surface area contributed by atoms with E-state index in [2.05, 4.69) is 105 Å². The first-order valence-corrected chi connectivity index (χ1v) is 16.3. The zero-order valence-corrected chi connectivity index (χ0v) is 27.8. The van der Waals surface area contributed by atoms with Crippen LogP contribution in [-0.2, 0) is 0 Å². The maximum Gasteiger partial charge on any atom is 0.159 e. The summed E-state index contributed by atoms with van der Waals surface area (Å²) in [7, 11) is 0. The Morgan fingerprint density at radius 1 is 0.638 bits per heavy atom. The molecule has 0 aliphatic carbocycles. The summed E-state index contributed by atoms with van der Waals surface area (Å²) in [5.41, 5.74) is 11.1. The molecule has 0 bridgehead atoms. The van der Waals surface area contributed by atoms with E-state index in [1.165, 1.54) is 16.8 Å². The molecule has 0 saturated carbocycles. The van der Waals surface area contributed by atoms with E-state index in [0.29, 0.717) is 17.6 Å². The largest absolute Gasteiger partial charge is 0.457 e. The Balaban J connectivity index is 1.30. The van der Waals surface area contributed by atoms with Gasteiger partial charge in [-0.15, -0.1) is 0 Å². The number of ether oxygens (including phenoxy) is 1. The van der Waals surface area contributed by atoms with Gasteiger partial charge in [0.05, 0.1) is 28.4 Å². The maximum absolute atomic E-state index is 6.56. The van der Waals surface area contributed by atoms with Crippen LogP contribution in [0.15, 0.2) is 114 Å². The number of fused-ring (bicyclic) bond motifs is 3. The van der Waals surface area contributed by atoms with Crippen LogP contribution >= 0.6 is 0 Å². The Morgan fingerprint density at radius 3 is 2.02 bits per heavy atom. The molecule has 7 aromatic rings. The molecule has 2 N–H and O–H groups in total. The third-order valence-corrected chi connectivity index (χ3v) is 8.59.